The monoisotopic (exact) mass is 497 g/mol. The van der Waals surface area contributed by atoms with Crippen LogP contribution in [0.2, 0.25) is 6.04 Å². The summed E-state index contributed by atoms with van der Waals surface area (Å²) in [6.07, 6.45) is -1.44. The maximum absolute atomic E-state index is 12.9. The smallest absolute Gasteiger partial charge is 0.370 e. The Bertz CT molecular complexity index is 1090. The van der Waals surface area contributed by atoms with Crippen LogP contribution in [-0.2, 0) is 33.5 Å². The molecule has 4 heterocycles. The number of β-lactam (4-membered cyclic amide) rings is 1. The number of aromatic nitrogens is 1. The molecule has 33 heavy (non-hydrogen) atoms. The number of carboxylic acids is 2. The molecule has 3 aliphatic heterocycles. The molecule has 0 spiro atoms. The maximum atomic E-state index is 12.9. The molecule has 3 fully saturated rings. The highest BCUT2D eigenvalue weighted by Gasteiger charge is 2.70. The van der Waals surface area contributed by atoms with E-state index in [-0.39, 0.29) is 17.2 Å². The number of carbonyl (C=O) groups excluding carboxylic acids is 3. The van der Waals surface area contributed by atoms with Gasteiger partial charge in [0.1, 0.15) is 11.7 Å². The van der Waals surface area contributed by atoms with Crippen LogP contribution in [0.3, 0.4) is 0 Å². The van der Waals surface area contributed by atoms with E-state index >= 15 is 0 Å². The first kappa shape index (κ1) is 22.7. The highest BCUT2D eigenvalue weighted by Crippen LogP contribution is 2.47. The van der Waals surface area contributed by atoms with Gasteiger partial charge in [0.15, 0.2) is 10.8 Å². The molecule has 0 aromatic carbocycles. The molecule has 3 aliphatic rings. The fourth-order valence-electron chi connectivity index (χ4n) is 4.27. The number of thiazole rings is 1. The summed E-state index contributed by atoms with van der Waals surface area (Å²) >= 11 is 1.01. The quantitative estimate of drug-likeness (QED) is 0.102. The van der Waals surface area contributed by atoms with Gasteiger partial charge in [-0.05, 0) is 6.92 Å². The Kier molecular flexibility index (Phi) is 5.57. The largest absolute Gasteiger partial charge is 0.478 e. The SMILES string of the molecule is C[C@@H](O/N=C(\C(=O)N[C@@H]1C(=O)N2[C@@H]1[SiH2]C[C@@H]1CC(=O)O[C@@]12C(=O)O)c1csc(N)n1)C(=O)O. The van der Waals surface area contributed by atoms with Crippen LogP contribution in [0.5, 0.6) is 0 Å². The minimum atomic E-state index is -2.05. The summed E-state index contributed by atoms with van der Waals surface area (Å²) in [5.74, 6) is -5.61. The van der Waals surface area contributed by atoms with E-state index in [9.17, 15) is 29.1 Å². The summed E-state index contributed by atoms with van der Waals surface area (Å²) in [4.78, 5) is 70.6. The number of rotatable bonds is 7. The van der Waals surface area contributed by atoms with Crippen molar-refractivity contribution in [3.63, 3.8) is 0 Å². The zero-order valence-electron chi connectivity index (χ0n) is 17.1. The highest BCUT2D eigenvalue weighted by molar-refractivity contribution is 7.13. The van der Waals surface area contributed by atoms with Gasteiger partial charge in [0.2, 0.25) is 6.10 Å². The second-order valence-electron chi connectivity index (χ2n) is 7.78. The summed E-state index contributed by atoms with van der Waals surface area (Å²) in [6, 6.07) is -0.597. The van der Waals surface area contributed by atoms with E-state index in [1.165, 1.54) is 12.3 Å². The number of amides is 2. The predicted molar refractivity (Wildman–Crippen MR) is 112 cm³/mol. The Morgan fingerprint density at radius 1 is 1.45 bits per heavy atom. The number of anilines is 1. The van der Waals surface area contributed by atoms with Crippen LogP contribution in [0, 0.1) is 5.92 Å². The number of nitrogens with two attached hydrogens (primary N) is 1. The van der Waals surface area contributed by atoms with Crippen molar-refractivity contribution in [2.75, 3.05) is 5.73 Å². The summed E-state index contributed by atoms with van der Waals surface area (Å²) in [5, 5.41) is 26.4. The van der Waals surface area contributed by atoms with Crippen LogP contribution in [-0.4, -0.2) is 88.6 Å². The average Bonchev–Trinajstić information content (AvgIpc) is 3.33. The van der Waals surface area contributed by atoms with Gasteiger partial charge in [-0.1, -0.05) is 11.2 Å². The zero-order valence-corrected chi connectivity index (χ0v) is 19.3. The van der Waals surface area contributed by atoms with Crippen molar-refractivity contribution < 1.29 is 43.8 Å². The number of nitrogens with one attached hydrogen (secondary N) is 1. The first-order valence-corrected chi connectivity index (χ1v) is 12.5. The molecule has 0 radical (unpaired) electrons. The van der Waals surface area contributed by atoms with Gasteiger partial charge < -0.3 is 30.8 Å². The van der Waals surface area contributed by atoms with Gasteiger partial charge in [-0.15, -0.1) is 11.3 Å². The number of hydrogen-bond acceptors (Lipinski definition) is 11. The minimum Gasteiger partial charge on any atom is -0.478 e. The van der Waals surface area contributed by atoms with Crippen LogP contribution >= 0.6 is 11.3 Å². The lowest BCUT2D eigenvalue weighted by molar-refractivity contribution is -0.217. The molecule has 14 nitrogen and oxygen atoms in total. The Balaban J connectivity index is 1.56. The van der Waals surface area contributed by atoms with Gasteiger partial charge in [0.25, 0.3) is 17.5 Å². The fraction of sp³-hybridized carbons (Fsp3) is 0.471. The number of nitrogen functional groups attached to an aromatic ring is 1. The second kappa shape index (κ2) is 8.11. The number of aliphatic carboxylic acids is 2. The minimum absolute atomic E-state index is 0.0175. The van der Waals surface area contributed by atoms with Gasteiger partial charge in [0.05, 0.1) is 21.6 Å². The standard InChI is InChI=1S/C17H19N5O9SSi/c1-5(14(26)27)31-21-9(7-3-32-16(18)19-7)11(24)20-10-12(25)22-13(10)33-4-6-2-8(23)30-17(6,22)15(28)29/h3,5-6,10,13H,2,4,33H2,1H3,(H2,18,19)(H,20,24)(H,26,27)(H,28,29)/b21-9-/t5-,6+,10-,13-,17-/m1/s1. The summed E-state index contributed by atoms with van der Waals surface area (Å²) in [5.41, 5.74) is 2.60. The molecular formula is C17H19N5O9SSi. The molecule has 5 atom stereocenters. The van der Waals surface area contributed by atoms with Crippen molar-refractivity contribution in [2.24, 2.45) is 11.1 Å². The number of carboxylic acid groups (broad SMARTS) is 2. The predicted octanol–water partition coefficient (Wildman–Crippen LogP) is -2.48. The summed E-state index contributed by atoms with van der Waals surface area (Å²) in [7, 11) is -1.10. The van der Waals surface area contributed by atoms with Crippen LogP contribution in [0.4, 0.5) is 5.13 Å². The fourth-order valence-corrected chi connectivity index (χ4v) is 7.52. The van der Waals surface area contributed by atoms with Crippen LogP contribution in [0.1, 0.15) is 19.0 Å². The number of hydrogen-bond donors (Lipinski definition) is 4. The van der Waals surface area contributed by atoms with Crippen molar-refractivity contribution >= 4 is 61.4 Å². The van der Waals surface area contributed by atoms with Crippen molar-refractivity contribution in [1.82, 2.24) is 15.2 Å². The lowest BCUT2D eigenvalue weighted by Gasteiger charge is -2.57. The summed E-state index contributed by atoms with van der Waals surface area (Å²) < 4.78 is 5.13. The Hall–Kier alpha value is -3.53. The van der Waals surface area contributed by atoms with E-state index in [0.717, 1.165) is 16.2 Å². The van der Waals surface area contributed by atoms with E-state index < -0.39 is 74.4 Å². The van der Waals surface area contributed by atoms with Gasteiger partial charge in [-0.2, -0.15) is 0 Å². The molecule has 5 N–H and O–H groups in total. The molecule has 1 aromatic heterocycles. The number of ether oxygens (including phenoxy) is 1. The molecule has 0 unspecified atom stereocenters. The van der Waals surface area contributed by atoms with Crippen molar-refractivity contribution in [2.45, 2.75) is 42.9 Å². The number of nitrogens with zero attached hydrogens (tertiary/aromatic N) is 3. The third-order valence-electron chi connectivity index (χ3n) is 5.85. The molecule has 1 aromatic rings. The lowest BCUT2D eigenvalue weighted by Crippen LogP contribution is -2.83. The van der Waals surface area contributed by atoms with E-state index in [4.69, 9.17) is 20.4 Å². The number of carbonyl (C=O) groups is 5. The molecule has 0 saturated carbocycles. The molecular weight excluding hydrogens is 478 g/mol. The van der Waals surface area contributed by atoms with Gasteiger partial charge in [-0.3, -0.25) is 19.3 Å². The van der Waals surface area contributed by atoms with Crippen molar-refractivity contribution in [1.29, 1.82) is 0 Å². The van der Waals surface area contributed by atoms with Gasteiger partial charge >= 0.3 is 17.9 Å². The normalized spacial score (nSPS) is 30.0. The number of esters is 1. The summed E-state index contributed by atoms with van der Waals surface area (Å²) in [6.45, 7) is 1.21. The second-order valence-corrected chi connectivity index (χ2v) is 10.7. The third-order valence-corrected chi connectivity index (χ3v) is 8.98. The maximum Gasteiger partial charge on any atom is 0.370 e. The highest BCUT2D eigenvalue weighted by atomic mass is 32.1. The molecule has 16 heteroatoms. The average molecular weight is 498 g/mol. The molecule has 4 rings (SSSR count). The van der Waals surface area contributed by atoms with Crippen LogP contribution in [0.15, 0.2) is 10.5 Å². The first-order valence-electron chi connectivity index (χ1n) is 9.83. The van der Waals surface area contributed by atoms with E-state index in [1.807, 2.05) is 0 Å². The number of oxime groups is 1. The topological polar surface area (TPSA) is 211 Å². The molecule has 0 aliphatic carbocycles. The zero-order chi connectivity index (χ0) is 24.1. The molecule has 176 valence electrons. The molecule has 3 saturated heterocycles. The Morgan fingerprint density at radius 2 is 2.18 bits per heavy atom. The molecule has 2 amide bonds. The van der Waals surface area contributed by atoms with E-state index in [0.29, 0.717) is 6.04 Å². The Labute approximate surface area is 191 Å². The van der Waals surface area contributed by atoms with E-state index in [2.05, 4.69) is 15.5 Å². The van der Waals surface area contributed by atoms with Gasteiger partial charge in [-0.25, -0.2) is 14.6 Å². The first-order chi connectivity index (χ1) is 15.6. The van der Waals surface area contributed by atoms with Crippen molar-refractivity contribution in [3.05, 3.63) is 11.1 Å². The number of fused-ring (bicyclic) bond motifs is 3. The van der Waals surface area contributed by atoms with E-state index in [1.54, 1.807) is 0 Å². The van der Waals surface area contributed by atoms with Crippen LogP contribution in [0.25, 0.3) is 0 Å². The van der Waals surface area contributed by atoms with Gasteiger partial charge in [0, 0.05) is 11.3 Å². The lowest BCUT2D eigenvalue weighted by atomic mass is 9.89. The van der Waals surface area contributed by atoms with Crippen molar-refractivity contribution in [3.8, 4) is 0 Å². The van der Waals surface area contributed by atoms with Crippen LogP contribution < -0.4 is 11.1 Å². The molecule has 0 bridgehead atoms. The Morgan fingerprint density at radius 3 is 2.79 bits per heavy atom. The third kappa shape index (κ3) is 3.60.